The van der Waals surface area contributed by atoms with Gasteiger partial charge in [-0.1, -0.05) is 6.07 Å². The second-order valence-electron chi connectivity index (χ2n) is 6.41. The monoisotopic (exact) mass is 405 g/mol. The summed E-state index contributed by atoms with van der Waals surface area (Å²) in [5.41, 5.74) is 6.31. The van der Waals surface area contributed by atoms with Gasteiger partial charge in [0.05, 0.1) is 11.5 Å². The zero-order valence-electron chi connectivity index (χ0n) is 15.2. The number of nitrogens with one attached hydrogen (secondary N) is 1. The van der Waals surface area contributed by atoms with Gasteiger partial charge >= 0.3 is 0 Å². The van der Waals surface area contributed by atoms with Crippen molar-refractivity contribution in [2.24, 2.45) is 11.7 Å². The van der Waals surface area contributed by atoms with E-state index in [4.69, 9.17) is 10.5 Å². The first-order valence-electron chi connectivity index (χ1n) is 8.48. The third kappa shape index (κ3) is 5.92. The maximum atomic E-state index is 12.7. The molecular weight excluding hydrogens is 378 g/mol. The van der Waals surface area contributed by atoms with Crippen LogP contribution in [0.15, 0.2) is 29.2 Å². The molecule has 1 fully saturated rings. The molecule has 9 heteroatoms. The van der Waals surface area contributed by atoms with E-state index in [1.165, 1.54) is 19.2 Å². The number of hydrogen-bond acceptors (Lipinski definition) is 5. The van der Waals surface area contributed by atoms with Crippen molar-refractivity contribution in [3.05, 3.63) is 29.8 Å². The Balaban J connectivity index is 0.00000338. The van der Waals surface area contributed by atoms with E-state index in [0.717, 1.165) is 12.8 Å². The summed E-state index contributed by atoms with van der Waals surface area (Å²) >= 11 is 0. The van der Waals surface area contributed by atoms with Gasteiger partial charge in [-0.15, -0.1) is 12.4 Å². The molecule has 1 unspecified atom stereocenters. The van der Waals surface area contributed by atoms with Gasteiger partial charge in [-0.3, -0.25) is 4.79 Å². The molecular formula is C17H28ClN3O4S. The predicted molar refractivity (Wildman–Crippen MR) is 103 cm³/mol. The minimum Gasteiger partial charge on any atom is -0.383 e. The summed E-state index contributed by atoms with van der Waals surface area (Å²) in [5, 5.41) is 0. The normalized spacial score (nSPS) is 16.8. The molecule has 3 N–H and O–H groups in total. The number of benzene rings is 1. The minimum atomic E-state index is -3.66. The summed E-state index contributed by atoms with van der Waals surface area (Å²) in [5.74, 6) is 0.290. The van der Waals surface area contributed by atoms with Gasteiger partial charge in [-0.05, 0) is 43.9 Å². The van der Waals surface area contributed by atoms with Crippen LogP contribution in [0.3, 0.4) is 0 Å². The first kappa shape index (κ1) is 22.9. The van der Waals surface area contributed by atoms with Gasteiger partial charge in [0.2, 0.25) is 10.0 Å². The lowest BCUT2D eigenvalue weighted by molar-refractivity contribution is 0.0680. The Kier molecular flexibility index (Phi) is 8.99. The van der Waals surface area contributed by atoms with Gasteiger partial charge in [0.15, 0.2) is 0 Å². The Labute approximate surface area is 161 Å². The highest BCUT2D eigenvalue weighted by Gasteiger charge is 2.26. The van der Waals surface area contributed by atoms with E-state index < -0.39 is 10.0 Å². The van der Waals surface area contributed by atoms with Gasteiger partial charge in [0.25, 0.3) is 5.91 Å². The van der Waals surface area contributed by atoms with Gasteiger partial charge in [-0.25, -0.2) is 13.1 Å². The van der Waals surface area contributed by atoms with E-state index in [2.05, 4.69) is 4.72 Å². The molecule has 1 aromatic carbocycles. The molecule has 0 aromatic heterocycles. The van der Waals surface area contributed by atoms with Crippen molar-refractivity contribution in [3.8, 4) is 0 Å². The number of rotatable bonds is 7. The van der Waals surface area contributed by atoms with Crippen LogP contribution < -0.4 is 10.5 Å². The molecule has 26 heavy (non-hydrogen) atoms. The van der Waals surface area contributed by atoms with Crippen molar-refractivity contribution in [2.45, 2.75) is 30.7 Å². The average molecular weight is 406 g/mol. The lowest BCUT2D eigenvalue weighted by Gasteiger charge is -2.33. The number of carbonyl (C=O) groups excluding carboxylic acids is 1. The van der Waals surface area contributed by atoms with Crippen LogP contribution in [0.2, 0.25) is 0 Å². The number of halogens is 1. The summed E-state index contributed by atoms with van der Waals surface area (Å²) in [7, 11) is -2.15. The lowest BCUT2D eigenvalue weighted by Crippen LogP contribution is -2.42. The molecule has 1 atom stereocenters. The standard InChI is InChI=1S/C17H27N3O4S.ClH/c1-13(18)14-6-9-20(10-7-14)17(21)15-4-3-5-16(12-15)25(22,23)19-8-11-24-2;/h3-5,12-14,19H,6-11,18H2,1-2H3;1H. The highest BCUT2D eigenvalue weighted by Crippen LogP contribution is 2.22. The quantitative estimate of drug-likeness (QED) is 0.664. The van der Waals surface area contributed by atoms with Crippen LogP contribution >= 0.6 is 12.4 Å². The molecule has 7 nitrogen and oxygen atoms in total. The second-order valence-corrected chi connectivity index (χ2v) is 8.17. The first-order chi connectivity index (χ1) is 11.8. The molecule has 2 rings (SSSR count). The largest absolute Gasteiger partial charge is 0.383 e. The van der Waals surface area contributed by atoms with E-state index >= 15 is 0 Å². The molecule has 0 saturated carbocycles. The highest BCUT2D eigenvalue weighted by atomic mass is 35.5. The molecule has 1 aliphatic heterocycles. The van der Waals surface area contributed by atoms with E-state index in [0.29, 0.717) is 24.6 Å². The number of hydrogen-bond donors (Lipinski definition) is 2. The third-order valence-corrected chi connectivity index (χ3v) is 6.02. The number of nitrogens with two attached hydrogens (primary N) is 1. The summed E-state index contributed by atoms with van der Waals surface area (Å²) in [6, 6.07) is 6.27. The van der Waals surface area contributed by atoms with Gasteiger partial charge in [0, 0.05) is 38.3 Å². The molecule has 0 aliphatic carbocycles. The summed E-state index contributed by atoms with van der Waals surface area (Å²) in [6.07, 6.45) is 1.75. The van der Waals surface area contributed by atoms with E-state index in [1.54, 1.807) is 17.0 Å². The van der Waals surface area contributed by atoms with E-state index in [-0.39, 0.29) is 42.4 Å². The average Bonchev–Trinajstić information content (AvgIpc) is 2.61. The van der Waals surface area contributed by atoms with E-state index in [1.807, 2.05) is 6.92 Å². The van der Waals surface area contributed by atoms with Crippen LogP contribution in [0.4, 0.5) is 0 Å². The van der Waals surface area contributed by atoms with Gasteiger partial charge in [-0.2, -0.15) is 0 Å². The van der Waals surface area contributed by atoms with Crippen molar-refractivity contribution < 1.29 is 17.9 Å². The summed E-state index contributed by atoms with van der Waals surface area (Å²) in [4.78, 5) is 14.5. The zero-order valence-corrected chi connectivity index (χ0v) is 16.8. The number of carbonyl (C=O) groups is 1. The lowest BCUT2D eigenvalue weighted by atomic mass is 9.90. The van der Waals surface area contributed by atoms with Crippen molar-refractivity contribution >= 4 is 28.3 Å². The minimum absolute atomic E-state index is 0. The molecule has 0 radical (unpaired) electrons. The van der Waals surface area contributed by atoms with Crippen LogP contribution in [0.25, 0.3) is 0 Å². The molecule has 1 aromatic rings. The molecule has 1 amide bonds. The fraction of sp³-hybridized carbons (Fsp3) is 0.588. The van der Waals surface area contributed by atoms with Crippen LogP contribution in [-0.4, -0.2) is 58.6 Å². The number of methoxy groups -OCH3 is 1. The molecule has 0 bridgehead atoms. The Morgan fingerprint density at radius 1 is 1.38 bits per heavy atom. The van der Waals surface area contributed by atoms with Crippen LogP contribution in [-0.2, 0) is 14.8 Å². The fourth-order valence-corrected chi connectivity index (χ4v) is 4.03. The maximum absolute atomic E-state index is 12.7. The number of piperidine rings is 1. The number of amides is 1. The Morgan fingerprint density at radius 2 is 2.04 bits per heavy atom. The summed E-state index contributed by atoms with van der Waals surface area (Å²) < 4.78 is 31.8. The maximum Gasteiger partial charge on any atom is 0.253 e. The third-order valence-electron chi connectivity index (χ3n) is 4.56. The van der Waals surface area contributed by atoms with Crippen LogP contribution in [0, 0.1) is 5.92 Å². The molecule has 1 aliphatic rings. The van der Waals surface area contributed by atoms with Crippen molar-refractivity contribution in [3.63, 3.8) is 0 Å². The Bertz CT molecular complexity index is 689. The second kappa shape index (κ2) is 10.2. The number of likely N-dealkylation sites (tertiary alicyclic amines) is 1. The topological polar surface area (TPSA) is 102 Å². The zero-order chi connectivity index (χ0) is 18.4. The van der Waals surface area contributed by atoms with Crippen LogP contribution in [0.5, 0.6) is 0 Å². The SMILES string of the molecule is COCCNS(=O)(=O)c1cccc(C(=O)N2CCC(C(C)N)CC2)c1.Cl. The number of nitrogens with zero attached hydrogens (tertiary/aromatic N) is 1. The van der Waals surface area contributed by atoms with Gasteiger partial charge < -0.3 is 15.4 Å². The van der Waals surface area contributed by atoms with Crippen LogP contribution in [0.1, 0.15) is 30.1 Å². The number of sulfonamides is 1. The Hall–Kier alpha value is -1.19. The first-order valence-corrected chi connectivity index (χ1v) is 9.97. The fourth-order valence-electron chi connectivity index (χ4n) is 2.97. The molecule has 0 spiro atoms. The van der Waals surface area contributed by atoms with Crippen molar-refractivity contribution in [2.75, 3.05) is 33.4 Å². The van der Waals surface area contributed by atoms with E-state index in [9.17, 15) is 13.2 Å². The molecule has 1 heterocycles. The number of ether oxygens (including phenoxy) is 1. The van der Waals surface area contributed by atoms with Gasteiger partial charge in [0.1, 0.15) is 0 Å². The van der Waals surface area contributed by atoms with Crippen molar-refractivity contribution in [1.82, 2.24) is 9.62 Å². The molecule has 1 saturated heterocycles. The molecule has 148 valence electrons. The van der Waals surface area contributed by atoms with Crippen molar-refractivity contribution in [1.29, 1.82) is 0 Å². The predicted octanol–water partition coefficient (Wildman–Crippen LogP) is 1.23. The summed E-state index contributed by atoms with van der Waals surface area (Å²) in [6.45, 7) is 3.75. The Morgan fingerprint density at radius 3 is 2.62 bits per heavy atom. The smallest absolute Gasteiger partial charge is 0.253 e. The highest BCUT2D eigenvalue weighted by molar-refractivity contribution is 7.89.